The van der Waals surface area contributed by atoms with E-state index in [1.54, 1.807) is 4.90 Å². The van der Waals surface area contributed by atoms with Crippen molar-refractivity contribution in [2.75, 3.05) is 59.5 Å². The molecule has 2 saturated heterocycles. The number of piperidine rings is 1. The van der Waals surface area contributed by atoms with Crippen molar-refractivity contribution in [3.63, 3.8) is 0 Å². The van der Waals surface area contributed by atoms with Gasteiger partial charge in [0.25, 0.3) is 5.91 Å². The lowest BCUT2D eigenvalue weighted by Gasteiger charge is -2.32. The molecule has 1 aromatic heterocycles. The molecular formula is C25H34N4O3. The topological polar surface area (TPSA) is 58.1 Å². The molecule has 0 aliphatic carbocycles. The molecule has 2 aliphatic heterocycles. The van der Waals surface area contributed by atoms with Gasteiger partial charge in [0.1, 0.15) is 11.9 Å². The summed E-state index contributed by atoms with van der Waals surface area (Å²) in [4.78, 5) is 23.7. The third kappa shape index (κ3) is 6.51. The Bertz CT molecular complexity index is 832. The van der Waals surface area contributed by atoms with Gasteiger partial charge in [0.15, 0.2) is 0 Å². The highest BCUT2D eigenvalue weighted by atomic mass is 16.5. The van der Waals surface area contributed by atoms with E-state index in [1.807, 2.05) is 49.6 Å². The number of nitrogens with zero attached hydrogens (tertiary/aromatic N) is 4. The average Bonchev–Trinajstić information content (AvgIpc) is 2.85. The number of rotatable bonds is 8. The van der Waals surface area contributed by atoms with Gasteiger partial charge in [0.05, 0.1) is 18.9 Å². The van der Waals surface area contributed by atoms with Crippen LogP contribution in [0.5, 0.6) is 5.75 Å². The first-order valence-electron chi connectivity index (χ1n) is 11.6. The average molecular weight is 439 g/mol. The van der Waals surface area contributed by atoms with Crippen molar-refractivity contribution in [2.45, 2.75) is 25.5 Å². The number of likely N-dealkylation sites (N-methyl/N-ethyl adjacent to an activating group) is 1. The second kappa shape index (κ2) is 11.4. The molecule has 2 aromatic rings. The van der Waals surface area contributed by atoms with Gasteiger partial charge in [0.2, 0.25) is 0 Å². The van der Waals surface area contributed by atoms with E-state index in [1.165, 1.54) is 0 Å². The lowest BCUT2D eigenvalue weighted by atomic mass is 10.1. The molecule has 0 radical (unpaired) electrons. The van der Waals surface area contributed by atoms with E-state index in [-0.39, 0.29) is 12.0 Å². The zero-order chi connectivity index (χ0) is 22.2. The third-order valence-electron chi connectivity index (χ3n) is 6.25. The van der Waals surface area contributed by atoms with E-state index in [9.17, 15) is 4.79 Å². The van der Waals surface area contributed by atoms with Gasteiger partial charge in [-0.05, 0) is 49.2 Å². The molecular weight excluding hydrogens is 404 g/mol. The van der Waals surface area contributed by atoms with Crippen LogP contribution >= 0.6 is 0 Å². The fourth-order valence-corrected chi connectivity index (χ4v) is 4.21. The summed E-state index contributed by atoms with van der Waals surface area (Å²) in [6.45, 7) is 7.94. The largest absolute Gasteiger partial charge is 0.490 e. The molecule has 3 heterocycles. The first kappa shape index (κ1) is 22.7. The predicted octanol–water partition coefficient (Wildman–Crippen LogP) is 2.53. The molecule has 4 rings (SSSR count). The van der Waals surface area contributed by atoms with Crippen molar-refractivity contribution in [1.82, 2.24) is 19.7 Å². The molecule has 2 fully saturated rings. The molecule has 0 N–H and O–H groups in total. The lowest BCUT2D eigenvalue weighted by Crippen LogP contribution is -2.41. The van der Waals surface area contributed by atoms with Crippen LogP contribution in [0.15, 0.2) is 48.7 Å². The summed E-state index contributed by atoms with van der Waals surface area (Å²) >= 11 is 0. The second-order valence-electron chi connectivity index (χ2n) is 8.62. The van der Waals surface area contributed by atoms with Gasteiger partial charge in [-0.2, -0.15) is 0 Å². The Labute approximate surface area is 190 Å². The number of aromatic nitrogens is 1. The molecule has 1 aromatic carbocycles. The summed E-state index contributed by atoms with van der Waals surface area (Å²) < 4.78 is 11.6. The highest BCUT2D eigenvalue weighted by Crippen LogP contribution is 2.21. The summed E-state index contributed by atoms with van der Waals surface area (Å²) in [7, 11) is 1.87. The summed E-state index contributed by atoms with van der Waals surface area (Å²) in [5.74, 6) is 0.883. The van der Waals surface area contributed by atoms with Crippen LogP contribution in [0.4, 0.5) is 0 Å². The van der Waals surface area contributed by atoms with Gasteiger partial charge in [-0.15, -0.1) is 0 Å². The van der Waals surface area contributed by atoms with E-state index < -0.39 is 0 Å². The van der Waals surface area contributed by atoms with Crippen molar-refractivity contribution in [3.05, 3.63) is 59.9 Å². The molecule has 7 nitrogen and oxygen atoms in total. The zero-order valence-corrected chi connectivity index (χ0v) is 19.0. The molecule has 0 unspecified atom stereocenters. The number of likely N-dealkylation sites (tertiary alicyclic amines) is 1. The van der Waals surface area contributed by atoms with Crippen LogP contribution in [0.1, 0.15) is 28.9 Å². The Morgan fingerprint density at radius 1 is 1.06 bits per heavy atom. The van der Waals surface area contributed by atoms with Crippen molar-refractivity contribution < 1.29 is 14.3 Å². The first-order chi connectivity index (χ1) is 15.7. The van der Waals surface area contributed by atoms with Gasteiger partial charge in [-0.25, -0.2) is 0 Å². The standard InChI is InChI=1S/C25H34N4O3/c1-27(14-15-28-16-18-31-19-17-28)25(30)21-5-7-23(8-6-21)32-24-9-12-29(13-10-24)20-22-4-2-3-11-26-22/h2-8,11,24H,9-10,12-20H2,1H3. The quantitative estimate of drug-likeness (QED) is 0.631. The summed E-state index contributed by atoms with van der Waals surface area (Å²) in [6, 6.07) is 13.6. The van der Waals surface area contributed by atoms with Crippen molar-refractivity contribution in [3.8, 4) is 5.75 Å². The molecule has 7 heteroatoms. The first-order valence-corrected chi connectivity index (χ1v) is 11.6. The SMILES string of the molecule is CN(CCN1CCOCC1)C(=O)c1ccc(OC2CCN(Cc3ccccn3)CC2)cc1. The van der Waals surface area contributed by atoms with Gasteiger partial charge in [0, 0.05) is 64.6 Å². The number of benzene rings is 1. The number of ether oxygens (including phenoxy) is 2. The minimum atomic E-state index is 0.0487. The number of pyridine rings is 1. The minimum absolute atomic E-state index is 0.0487. The van der Waals surface area contributed by atoms with E-state index in [4.69, 9.17) is 9.47 Å². The maximum atomic E-state index is 12.7. The van der Waals surface area contributed by atoms with Crippen LogP contribution in [-0.2, 0) is 11.3 Å². The smallest absolute Gasteiger partial charge is 0.253 e. The lowest BCUT2D eigenvalue weighted by molar-refractivity contribution is 0.0338. The minimum Gasteiger partial charge on any atom is -0.490 e. The zero-order valence-electron chi connectivity index (χ0n) is 19.0. The normalized spacial score (nSPS) is 18.4. The number of amides is 1. The van der Waals surface area contributed by atoms with Crippen molar-refractivity contribution in [1.29, 1.82) is 0 Å². The maximum Gasteiger partial charge on any atom is 0.253 e. The molecule has 0 bridgehead atoms. The maximum absolute atomic E-state index is 12.7. The summed E-state index contributed by atoms with van der Waals surface area (Å²) in [5.41, 5.74) is 1.81. The number of carbonyl (C=O) groups is 1. The molecule has 0 saturated carbocycles. The predicted molar refractivity (Wildman–Crippen MR) is 124 cm³/mol. The Hall–Kier alpha value is -2.48. The highest BCUT2D eigenvalue weighted by molar-refractivity contribution is 5.94. The molecule has 2 aliphatic rings. The van der Waals surface area contributed by atoms with Crippen LogP contribution in [0.3, 0.4) is 0 Å². The van der Waals surface area contributed by atoms with E-state index in [0.29, 0.717) is 12.1 Å². The second-order valence-corrected chi connectivity index (χ2v) is 8.62. The van der Waals surface area contributed by atoms with Gasteiger partial charge >= 0.3 is 0 Å². The number of morpholine rings is 1. The van der Waals surface area contributed by atoms with Gasteiger partial charge < -0.3 is 14.4 Å². The molecule has 172 valence electrons. The van der Waals surface area contributed by atoms with Gasteiger partial charge in [-0.3, -0.25) is 19.6 Å². The van der Waals surface area contributed by atoms with Crippen LogP contribution in [0.2, 0.25) is 0 Å². The monoisotopic (exact) mass is 438 g/mol. The molecule has 1 amide bonds. The van der Waals surface area contributed by atoms with Crippen LogP contribution in [0, 0.1) is 0 Å². The third-order valence-corrected chi connectivity index (χ3v) is 6.25. The van der Waals surface area contributed by atoms with E-state index in [0.717, 1.165) is 76.8 Å². The Morgan fingerprint density at radius 3 is 2.50 bits per heavy atom. The molecule has 32 heavy (non-hydrogen) atoms. The Balaban J connectivity index is 1.20. The Morgan fingerprint density at radius 2 is 1.81 bits per heavy atom. The van der Waals surface area contributed by atoms with Gasteiger partial charge in [-0.1, -0.05) is 6.07 Å². The summed E-state index contributed by atoms with van der Waals surface area (Å²) in [5, 5.41) is 0. The molecule has 0 spiro atoms. The van der Waals surface area contributed by atoms with Crippen molar-refractivity contribution >= 4 is 5.91 Å². The van der Waals surface area contributed by atoms with Crippen LogP contribution in [0.25, 0.3) is 0 Å². The van der Waals surface area contributed by atoms with E-state index >= 15 is 0 Å². The number of hydrogen-bond acceptors (Lipinski definition) is 6. The van der Waals surface area contributed by atoms with Crippen LogP contribution in [-0.4, -0.2) is 91.2 Å². The highest BCUT2D eigenvalue weighted by Gasteiger charge is 2.21. The van der Waals surface area contributed by atoms with E-state index in [2.05, 4.69) is 20.9 Å². The fraction of sp³-hybridized carbons (Fsp3) is 0.520. The molecule has 0 atom stereocenters. The van der Waals surface area contributed by atoms with Crippen molar-refractivity contribution in [2.24, 2.45) is 0 Å². The number of carbonyl (C=O) groups excluding carboxylic acids is 1. The Kier molecular flexibility index (Phi) is 8.09. The fourth-order valence-electron chi connectivity index (χ4n) is 4.21. The van der Waals surface area contributed by atoms with Crippen LogP contribution < -0.4 is 4.74 Å². The summed E-state index contributed by atoms with van der Waals surface area (Å²) in [6.07, 6.45) is 4.06. The number of hydrogen-bond donors (Lipinski definition) is 0.